The fraction of sp³-hybridized carbons (Fsp3) is 0.238. The molecule has 16 aromatic carbocycles. The molecule has 0 saturated heterocycles. The van der Waals surface area contributed by atoms with Crippen molar-refractivity contribution in [2.45, 2.75) is 152 Å². The first kappa shape index (κ1) is 116. The van der Waals surface area contributed by atoms with Crippen molar-refractivity contribution in [3.63, 3.8) is 0 Å². The number of unbranched alkanes of at least 4 members (excludes halogenated alkanes) is 7. The van der Waals surface area contributed by atoms with Crippen molar-refractivity contribution in [1.82, 2.24) is 0 Å². The Labute approximate surface area is 944 Å². The van der Waals surface area contributed by atoms with Gasteiger partial charge < -0.3 is 73.0 Å². The van der Waals surface area contributed by atoms with Crippen molar-refractivity contribution >= 4 is 200 Å². The van der Waals surface area contributed by atoms with E-state index in [0.29, 0.717) is 43.6 Å². The SMILES string of the molecule is Brc1ccc(N(c2ccc(Br)cc2)c2cccc(C[S+](c3ccccc3)c3ccccc3)c2)cc1.CCCCCCC[S+](CCCCCC)Cc1cc(N(c2ccccc2)c2ccc(-c3ccccc3)cc2)ccc1-c1ccccc1.CC[S+](CC)Cc1cc(I)ccc1N(c1ccccc1)c1ccc(I)cc1.CC[S+](CC)Cc1ccc(N(c2ccccc2)c2cccc(C[S+](CC)CC)c2)cc1.[Br-].[Cl-].[I-]. The van der Waals surface area contributed by atoms with Crippen LogP contribution in [0.5, 0.6) is 0 Å². The normalized spacial score (nSPS) is 11.1. The Morgan fingerprint density at radius 1 is 0.239 bits per heavy atom. The van der Waals surface area contributed by atoms with Crippen molar-refractivity contribution < 1.29 is 53.4 Å². The van der Waals surface area contributed by atoms with Gasteiger partial charge in [0, 0.05) is 106 Å². The summed E-state index contributed by atoms with van der Waals surface area (Å²) >= 11 is 12.0. The third kappa shape index (κ3) is 35.6. The Hall–Kier alpha value is -7.61. The Morgan fingerprint density at radius 2 is 0.556 bits per heavy atom. The maximum absolute atomic E-state index is 3.58. The summed E-state index contributed by atoms with van der Waals surface area (Å²) in [4.78, 5) is 12.3. The van der Waals surface area contributed by atoms with Gasteiger partial charge in [-0.25, -0.2) is 0 Å². The van der Waals surface area contributed by atoms with Crippen LogP contribution in [0.25, 0.3) is 22.3 Å². The highest BCUT2D eigenvalue weighted by Gasteiger charge is 2.30. The third-order valence-corrected chi connectivity index (χ3v) is 39.2. The predicted octanol–water partition coefficient (Wildman–Crippen LogP) is 29.1. The van der Waals surface area contributed by atoms with Gasteiger partial charge in [0.2, 0.25) is 0 Å². The lowest BCUT2D eigenvalue weighted by atomic mass is 9.99. The first-order valence-corrected chi connectivity index (χ1v) is 61.7. The fourth-order valence-electron chi connectivity index (χ4n) is 17.3. The van der Waals surface area contributed by atoms with E-state index in [1.807, 2.05) is 0 Å². The number of hydrogen-bond acceptors (Lipinski definition) is 4. The molecule has 16 heteroatoms. The number of benzene rings is 16. The topological polar surface area (TPSA) is 13.0 Å². The quantitative estimate of drug-likeness (QED) is 0.0214. The largest absolute Gasteiger partial charge is 1.00 e. The smallest absolute Gasteiger partial charge is 0.161 e. The molecule has 0 aliphatic rings. The Balaban J connectivity index is 0.000000197. The zero-order valence-electron chi connectivity index (χ0n) is 83.4. The summed E-state index contributed by atoms with van der Waals surface area (Å²) in [5.74, 6) is 15.9. The van der Waals surface area contributed by atoms with Crippen molar-refractivity contribution in [3.8, 4) is 22.3 Å². The summed E-state index contributed by atoms with van der Waals surface area (Å²) in [5.41, 5.74) is 26.7. The van der Waals surface area contributed by atoms with Gasteiger partial charge in [-0.15, -0.1) is 0 Å². The van der Waals surface area contributed by atoms with Crippen LogP contribution in [0.4, 0.5) is 68.2 Å². The van der Waals surface area contributed by atoms with Crippen molar-refractivity contribution in [1.29, 1.82) is 0 Å². The molecule has 0 amide bonds. The van der Waals surface area contributed by atoms with Gasteiger partial charge in [-0.05, 0) is 391 Å². The van der Waals surface area contributed by atoms with E-state index in [4.69, 9.17) is 0 Å². The highest BCUT2D eigenvalue weighted by molar-refractivity contribution is 14.1. The molecule has 4 nitrogen and oxygen atoms in total. The second-order valence-electron chi connectivity index (χ2n) is 34.5. The second-order valence-corrected chi connectivity index (χ2v) is 51.2. The standard InChI is InChI=1S/C44H52NS.C31H24Br2NS.C28H37NS2.C23H24I2NS.BrH.ClH.HI/c1-3-5-7-9-20-34-46(33-19-8-6-4-2)36-40-35-43(31-32-44(40)39-23-15-11-16-24-39)45(41-25-17-12-18-26-41)42-29-27-38(28-30-42)37-21-13-10-14-22-37;32-25-14-18-27(19-15-25)34(28-20-16-26(33)17-21-28)29-9-7-8-24(22-29)23-35(30-10-3-1-4-11-30)31-12-5-2-6-13-31;1-5-30(6-2)22-24-17-19-27(20-18-24)29(26-14-10-9-11-15-26)28-16-12-13-25(21-28)23-31(7-3)8-4;1-3-27(4-2)17-18-16-20(25)12-15-23(18)26(21-8-6-5-7-9-21)22-13-10-19(24)11-14-22;;;/h10-18,21-32,35H,3-9,19-20,33-34,36H2,1-2H3;1-22H,23H2;9-21H,5-8,22-23H2,1-4H3;5-16H,3-4,17H2,1-2H3;3*1H/q2*+1;+2;+1;;;/p-3. The molecular formula is C126H137Br3ClI3N4S5+2. The van der Waals surface area contributed by atoms with Crippen LogP contribution in [0.3, 0.4) is 0 Å². The number of nitrogens with zero attached hydrogens (tertiary/aromatic N) is 4. The Morgan fingerprint density at radius 3 is 1.00 bits per heavy atom. The lowest BCUT2D eigenvalue weighted by molar-refractivity contribution is -0.00100. The molecule has 0 spiro atoms. The van der Waals surface area contributed by atoms with Crippen molar-refractivity contribution in [2.24, 2.45) is 0 Å². The summed E-state index contributed by atoms with van der Waals surface area (Å²) in [6.07, 6.45) is 12.2. The molecule has 738 valence electrons. The third-order valence-electron chi connectivity index (χ3n) is 24.9. The zero-order chi connectivity index (χ0) is 97.1. The zero-order valence-corrected chi connectivity index (χ0v) is 99.4. The van der Waals surface area contributed by atoms with E-state index < -0.39 is 0 Å². The lowest BCUT2D eigenvalue weighted by Gasteiger charge is -2.27. The van der Waals surface area contributed by atoms with Gasteiger partial charge in [-0.3, -0.25) is 0 Å². The van der Waals surface area contributed by atoms with Crippen molar-refractivity contribution in [2.75, 3.05) is 65.6 Å². The minimum Gasteiger partial charge on any atom is -1.00 e. The molecular weight excluding hydrogens is 2390 g/mol. The van der Waals surface area contributed by atoms with Gasteiger partial charge in [0.1, 0.15) is 74.8 Å². The van der Waals surface area contributed by atoms with E-state index in [-0.39, 0.29) is 64.3 Å². The van der Waals surface area contributed by atoms with Crippen LogP contribution in [-0.4, -0.2) is 46.0 Å². The van der Waals surface area contributed by atoms with Gasteiger partial charge >= 0.3 is 0 Å². The summed E-state index contributed by atoms with van der Waals surface area (Å²) < 4.78 is 4.70. The highest BCUT2D eigenvalue weighted by Crippen LogP contribution is 2.44. The molecule has 0 saturated carbocycles. The molecule has 0 radical (unpaired) electrons. The van der Waals surface area contributed by atoms with E-state index in [9.17, 15) is 0 Å². The van der Waals surface area contributed by atoms with Crippen LogP contribution in [0.2, 0.25) is 0 Å². The molecule has 0 heterocycles. The van der Waals surface area contributed by atoms with Crippen LogP contribution in [0, 0.1) is 7.14 Å². The summed E-state index contributed by atoms with van der Waals surface area (Å²) in [7, 11) is 1.73. The number of hydrogen-bond donors (Lipinski definition) is 0. The van der Waals surface area contributed by atoms with Gasteiger partial charge in [0.15, 0.2) is 9.79 Å². The molecule has 0 aliphatic heterocycles. The second kappa shape index (κ2) is 63.8. The average Bonchev–Trinajstić information content (AvgIpc) is 0.798. The van der Waals surface area contributed by atoms with E-state index in [1.54, 1.807) is 0 Å². The molecule has 1 atom stereocenters. The molecule has 0 fully saturated rings. The number of para-hydroxylation sites is 3. The maximum atomic E-state index is 3.58. The summed E-state index contributed by atoms with van der Waals surface area (Å²) in [5, 5.41) is 0. The van der Waals surface area contributed by atoms with Crippen molar-refractivity contribution in [3.05, 3.63) is 462 Å². The Bertz CT molecular complexity index is 6130. The monoisotopic (exact) mass is 2520 g/mol. The molecule has 1 unspecified atom stereocenters. The molecule has 16 rings (SSSR count). The number of anilines is 12. The fourth-order valence-corrected chi connectivity index (χ4v) is 27.7. The summed E-state index contributed by atoms with van der Waals surface area (Å²) in [6, 6.07) is 152. The lowest BCUT2D eigenvalue weighted by Crippen LogP contribution is -3.00. The van der Waals surface area contributed by atoms with Gasteiger partial charge in [0.25, 0.3) is 0 Å². The molecule has 16 aromatic rings. The Kier molecular flexibility index (Phi) is 52.3. The average molecular weight is 2520 g/mol. The number of halogens is 7. The highest BCUT2D eigenvalue weighted by atomic mass is 127. The van der Waals surface area contributed by atoms with Crippen LogP contribution < -0.4 is 73.0 Å². The van der Waals surface area contributed by atoms with Crippen LogP contribution in [0.1, 0.15) is 141 Å². The predicted molar refractivity (Wildman–Crippen MR) is 647 cm³/mol. The molecule has 0 aromatic heterocycles. The first-order valence-electron chi connectivity index (χ1n) is 49.6. The molecule has 142 heavy (non-hydrogen) atoms. The van der Waals surface area contributed by atoms with E-state index in [2.05, 4.69) is 571 Å². The van der Waals surface area contributed by atoms with Crippen LogP contribution in [-0.2, 0) is 83.2 Å². The van der Waals surface area contributed by atoms with Crippen LogP contribution in [0.15, 0.2) is 437 Å². The van der Waals surface area contributed by atoms with Gasteiger partial charge in [-0.1, -0.05) is 284 Å². The number of rotatable bonds is 43. The van der Waals surface area contributed by atoms with Crippen LogP contribution >= 0.6 is 77.0 Å². The maximum Gasteiger partial charge on any atom is 0.161 e. The van der Waals surface area contributed by atoms with E-state index in [0.717, 1.165) is 43.3 Å². The molecule has 0 bridgehead atoms. The van der Waals surface area contributed by atoms with Gasteiger partial charge in [-0.2, -0.15) is 0 Å². The van der Waals surface area contributed by atoms with Gasteiger partial charge in [0.05, 0.1) is 16.6 Å². The molecule has 0 N–H and O–H groups in total. The summed E-state index contributed by atoms with van der Waals surface area (Å²) in [6.45, 7) is 18.5. The minimum absolute atomic E-state index is 0. The van der Waals surface area contributed by atoms with E-state index >= 15 is 0 Å². The minimum atomic E-state index is -0.0498. The first-order chi connectivity index (χ1) is 68.2. The van der Waals surface area contributed by atoms with E-state index in [1.165, 1.54) is 234 Å². The molecule has 0 aliphatic carbocycles.